The highest BCUT2D eigenvalue weighted by atomic mass is 35.5. The van der Waals surface area contributed by atoms with Crippen LogP contribution in [0.4, 0.5) is 4.39 Å². The molecule has 0 atom stereocenters. The van der Waals surface area contributed by atoms with Crippen molar-refractivity contribution in [1.29, 1.82) is 0 Å². The third-order valence-electron chi connectivity index (χ3n) is 2.42. The lowest BCUT2D eigenvalue weighted by Crippen LogP contribution is -2.26. The van der Waals surface area contributed by atoms with Crippen molar-refractivity contribution < 1.29 is 9.18 Å². The highest BCUT2D eigenvalue weighted by Crippen LogP contribution is 2.25. The minimum Gasteiger partial charge on any atom is -0.349 e. The summed E-state index contributed by atoms with van der Waals surface area (Å²) >= 11 is 5.90. The normalized spacial score (nSPS) is 15.1. The Morgan fingerprint density at radius 1 is 1.53 bits per heavy atom. The van der Waals surface area contributed by atoms with Gasteiger partial charge in [0, 0.05) is 6.04 Å². The van der Waals surface area contributed by atoms with Gasteiger partial charge in [0.05, 0.1) is 10.6 Å². The molecule has 1 amide bonds. The molecule has 0 aliphatic heterocycles. The number of carbonyl (C=O) groups is 1. The highest BCUT2D eigenvalue weighted by Gasteiger charge is 2.26. The lowest BCUT2D eigenvalue weighted by Gasteiger charge is -2.08. The van der Waals surface area contributed by atoms with Crippen molar-refractivity contribution in [2.24, 2.45) is 0 Å². The van der Waals surface area contributed by atoms with Crippen LogP contribution in [0.3, 0.4) is 0 Å². The molecule has 1 aromatic carbocycles. The van der Waals surface area contributed by atoms with Gasteiger partial charge in [-0.2, -0.15) is 0 Å². The Balaban J connectivity index is 2.32. The summed E-state index contributed by atoms with van der Waals surface area (Å²) in [6, 6.07) is 3.03. The first-order valence-electron chi connectivity index (χ1n) is 4.85. The molecule has 0 spiro atoms. The molecule has 1 saturated carbocycles. The van der Waals surface area contributed by atoms with E-state index in [1.54, 1.807) is 13.0 Å². The Bertz CT molecular complexity index is 415. The molecular formula is C11H11ClFNO. The fourth-order valence-electron chi connectivity index (χ4n) is 1.35. The first-order chi connectivity index (χ1) is 7.09. The highest BCUT2D eigenvalue weighted by molar-refractivity contribution is 6.34. The summed E-state index contributed by atoms with van der Waals surface area (Å²) in [4.78, 5) is 11.7. The van der Waals surface area contributed by atoms with Gasteiger partial charge < -0.3 is 5.32 Å². The molecule has 0 heterocycles. The molecule has 0 unspecified atom stereocenters. The number of rotatable bonds is 2. The Morgan fingerprint density at radius 3 is 2.80 bits per heavy atom. The molecule has 2 rings (SSSR count). The zero-order chi connectivity index (χ0) is 11.0. The van der Waals surface area contributed by atoms with Crippen LogP contribution in [-0.4, -0.2) is 11.9 Å². The average molecular weight is 228 g/mol. The summed E-state index contributed by atoms with van der Waals surface area (Å²) in [5.74, 6) is -0.979. The number of hydrogen-bond acceptors (Lipinski definition) is 1. The van der Waals surface area contributed by atoms with Crippen LogP contribution in [0.2, 0.25) is 5.02 Å². The monoisotopic (exact) mass is 227 g/mol. The van der Waals surface area contributed by atoms with Crippen LogP contribution in [-0.2, 0) is 0 Å². The van der Waals surface area contributed by atoms with Gasteiger partial charge in [0.25, 0.3) is 5.91 Å². The second-order valence-electron chi connectivity index (χ2n) is 3.80. The molecule has 2 nitrogen and oxygen atoms in total. The molecule has 0 bridgehead atoms. The Morgan fingerprint density at radius 2 is 2.20 bits per heavy atom. The Hall–Kier alpha value is -1.09. The smallest absolute Gasteiger partial charge is 0.256 e. The topological polar surface area (TPSA) is 29.1 Å². The molecule has 4 heteroatoms. The minimum absolute atomic E-state index is 0.0384. The number of nitrogens with one attached hydrogen (secondary N) is 1. The lowest BCUT2D eigenvalue weighted by molar-refractivity contribution is 0.0947. The number of amides is 1. The van der Waals surface area contributed by atoms with Crippen molar-refractivity contribution in [1.82, 2.24) is 5.32 Å². The fraction of sp³-hybridized carbons (Fsp3) is 0.364. The first kappa shape index (κ1) is 10.4. The van der Waals surface area contributed by atoms with Gasteiger partial charge in [-0.15, -0.1) is 0 Å². The molecule has 1 aromatic rings. The summed E-state index contributed by atoms with van der Waals surface area (Å²) in [5.41, 5.74) is 0.669. The molecule has 0 radical (unpaired) electrons. The molecule has 1 N–H and O–H groups in total. The molecule has 1 aliphatic rings. The van der Waals surface area contributed by atoms with E-state index in [-0.39, 0.29) is 16.6 Å². The van der Waals surface area contributed by atoms with Gasteiger partial charge in [-0.05, 0) is 31.4 Å². The van der Waals surface area contributed by atoms with Crippen molar-refractivity contribution in [2.45, 2.75) is 25.8 Å². The van der Waals surface area contributed by atoms with Crippen LogP contribution < -0.4 is 5.32 Å². The zero-order valence-corrected chi connectivity index (χ0v) is 9.07. The van der Waals surface area contributed by atoms with E-state index >= 15 is 0 Å². The predicted octanol–water partition coefficient (Wildman–Crippen LogP) is 2.68. The standard InChI is InChI=1S/C11H11ClFNO/c1-6-2-5-8(13)9(10(6)12)11(15)14-7-3-4-7/h2,5,7H,3-4H2,1H3,(H,14,15). The molecule has 0 aromatic heterocycles. The molecule has 80 valence electrons. The quantitative estimate of drug-likeness (QED) is 0.827. The van der Waals surface area contributed by atoms with E-state index in [1.165, 1.54) is 6.07 Å². The minimum atomic E-state index is -0.566. The maximum absolute atomic E-state index is 13.4. The molecule has 0 saturated heterocycles. The van der Waals surface area contributed by atoms with Gasteiger partial charge in [0.1, 0.15) is 5.82 Å². The Kier molecular flexibility index (Phi) is 2.65. The molecule has 15 heavy (non-hydrogen) atoms. The van der Waals surface area contributed by atoms with Crippen molar-refractivity contribution in [3.8, 4) is 0 Å². The second-order valence-corrected chi connectivity index (χ2v) is 4.18. The van der Waals surface area contributed by atoms with Gasteiger partial charge in [-0.1, -0.05) is 17.7 Å². The van der Waals surface area contributed by atoms with E-state index in [0.717, 1.165) is 12.8 Å². The van der Waals surface area contributed by atoms with Gasteiger partial charge in [-0.3, -0.25) is 4.79 Å². The number of halogens is 2. The van der Waals surface area contributed by atoms with E-state index in [4.69, 9.17) is 11.6 Å². The van der Waals surface area contributed by atoms with Gasteiger partial charge >= 0.3 is 0 Å². The van der Waals surface area contributed by atoms with Crippen LogP contribution >= 0.6 is 11.6 Å². The van der Waals surface area contributed by atoms with Crippen LogP contribution in [0, 0.1) is 12.7 Å². The van der Waals surface area contributed by atoms with Crippen LogP contribution in [0.25, 0.3) is 0 Å². The SMILES string of the molecule is Cc1ccc(F)c(C(=O)NC2CC2)c1Cl. The third-order valence-corrected chi connectivity index (χ3v) is 2.91. The fourth-order valence-corrected chi connectivity index (χ4v) is 1.59. The largest absolute Gasteiger partial charge is 0.349 e. The van der Waals surface area contributed by atoms with Crippen LogP contribution in [0.15, 0.2) is 12.1 Å². The Labute approximate surface area is 92.4 Å². The first-order valence-corrected chi connectivity index (χ1v) is 5.23. The van der Waals surface area contributed by atoms with E-state index in [2.05, 4.69) is 5.32 Å². The number of carbonyl (C=O) groups excluding carboxylic acids is 1. The van der Waals surface area contributed by atoms with E-state index in [0.29, 0.717) is 5.56 Å². The summed E-state index contributed by atoms with van der Waals surface area (Å²) < 4.78 is 13.4. The number of hydrogen-bond donors (Lipinski definition) is 1. The summed E-state index contributed by atoms with van der Waals surface area (Å²) in [6.07, 6.45) is 1.94. The second kappa shape index (κ2) is 3.81. The zero-order valence-electron chi connectivity index (χ0n) is 8.31. The van der Waals surface area contributed by atoms with Gasteiger partial charge in [0.15, 0.2) is 0 Å². The number of benzene rings is 1. The van der Waals surface area contributed by atoms with E-state index < -0.39 is 11.7 Å². The maximum atomic E-state index is 13.4. The van der Waals surface area contributed by atoms with Crippen molar-refractivity contribution in [3.63, 3.8) is 0 Å². The molecular weight excluding hydrogens is 217 g/mol. The maximum Gasteiger partial charge on any atom is 0.256 e. The van der Waals surface area contributed by atoms with E-state index in [9.17, 15) is 9.18 Å². The summed E-state index contributed by atoms with van der Waals surface area (Å²) in [7, 11) is 0. The van der Waals surface area contributed by atoms with Gasteiger partial charge in [-0.25, -0.2) is 4.39 Å². The third kappa shape index (κ3) is 2.12. The van der Waals surface area contributed by atoms with Crippen LogP contribution in [0.5, 0.6) is 0 Å². The van der Waals surface area contributed by atoms with E-state index in [1.807, 2.05) is 0 Å². The van der Waals surface area contributed by atoms with Crippen molar-refractivity contribution in [3.05, 3.63) is 34.1 Å². The molecule has 1 aliphatic carbocycles. The van der Waals surface area contributed by atoms with Gasteiger partial charge in [0.2, 0.25) is 0 Å². The molecule has 1 fully saturated rings. The predicted molar refractivity (Wildman–Crippen MR) is 56.6 cm³/mol. The average Bonchev–Trinajstić information content (AvgIpc) is 2.96. The number of aryl methyl sites for hydroxylation is 1. The summed E-state index contributed by atoms with van der Waals surface area (Å²) in [5, 5.41) is 2.92. The summed E-state index contributed by atoms with van der Waals surface area (Å²) in [6.45, 7) is 1.75. The van der Waals surface area contributed by atoms with Crippen molar-refractivity contribution in [2.75, 3.05) is 0 Å². The lowest BCUT2D eigenvalue weighted by atomic mass is 10.1. The van der Waals surface area contributed by atoms with Crippen molar-refractivity contribution >= 4 is 17.5 Å². The van der Waals surface area contributed by atoms with Crippen LogP contribution in [0.1, 0.15) is 28.8 Å².